The standard InChI is InChI=1S/C26H32N2O3/c1-20-11-12-23(19-21(20)2)24(29)13-14-26(31)28-17-15-27(16-18-28)25(30)10-6-9-22-7-4-3-5-8-22/h3-5,7-8,11-12,19H,6,9-10,13-18H2,1-2H3. The molecule has 0 spiro atoms. The molecule has 164 valence electrons. The van der Waals surface area contributed by atoms with Crippen molar-refractivity contribution in [2.75, 3.05) is 26.2 Å². The van der Waals surface area contributed by atoms with E-state index >= 15 is 0 Å². The van der Waals surface area contributed by atoms with Crippen molar-refractivity contribution in [3.05, 3.63) is 70.8 Å². The molecule has 1 heterocycles. The first-order chi connectivity index (χ1) is 14.9. The number of piperazine rings is 1. The van der Waals surface area contributed by atoms with Gasteiger partial charge < -0.3 is 9.80 Å². The molecular weight excluding hydrogens is 388 g/mol. The molecule has 5 nitrogen and oxygen atoms in total. The molecule has 5 heteroatoms. The van der Waals surface area contributed by atoms with E-state index in [1.807, 2.05) is 55.1 Å². The number of nitrogens with zero attached hydrogens (tertiary/aromatic N) is 2. The van der Waals surface area contributed by atoms with E-state index in [2.05, 4.69) is 12.1 Å². The van der Waals surface area contributed by atoms with Crippen LogP contribution in [-0.4, -0.2) is 53.6 Å². The number of benzene rings is 2. The van der Waals surface area contributed by atoms with E-state index in [9.17, 15) is 14.4 Å². The second-order valence-electron chi connectivity index (χ2n) is 8.32. The van der Waals surface area contributed by atoms with Crippen LogP contribution in [0.4, 0.5) is 0 Å². The van der Waals surface area contributed by atoms with Crippen molar-refractivity contribution in [2.24, 2.45) is 0 Å². The van der Waals surface area contributed by atoms with Crippen molar-refractivity contribution in [3.63, 3.8) is 0 Å². The van der Waals surface area contributed by atoms with E-state index in [1.54, 1.807) is 4.90 Å². The largest absolute Gasteiger partial charge is 0.339 e. The van der Waals surface area contributed by atoms with Crippen molar-refractivity contribution in [2.45, 2.75) is 46.0 Å². The first kappa shape index (κ1) is 22.7. The molecule has 0 unspecified atom stereocenters. The van der Waals surface area contributed by atoms with Gasteiger partial charge in [0.15, 0.2) is 5.78 Å². The zero-order chi connectivity index (χ0) is 22.2. The van der Waals surface area contributed by atoms with Crippen LogP contribution >= 0.6 is 0 Å². The molecule has 3 rings (SSSR count). The van der Waals surface area contributed by atoms with Crippen molar-refractivity contribution in [1.29, 1.82) is 0 Å². The Morgan fingerprint density at radius 2 is 1.35 bits per heavy atom. The highest BCUT2D eigenvalue weighted by atomic mass is 16.2. The third-order valence-electron chi connectivity index (χ3n) is 6.08. The van der Waals surface area contributed by atoms with Crippen molar-refractivity contribution in [3.8, 4) is 0 Å². The average molecular weight is 421 g/mol. The van der Waals surface area contributed by atoms with Gasteiger partial charge in [-0.1, -0.05) is 42.5 Å². The molecule has 1 aliphatic heterocycles. The van der Waals surface area contributed by atoms with Gasteiger partial charge in [-0.25, -0.2) is 0 Å². The highest BCUT2D eigenvalue weighted by Crippen LogP contribution is 2.14. The van der Waals surface area contributed by atoms with Gasteiger partial charge in [0.2, 0.25) is 11.8 Å². The fraction of sp³-hybridized carbons (Fsp3) is 0.423. The number of rotatable bonds is 8. The monoisotopic (exact) mass is 420 g/mol. The van der Waals surface area contributed by atoms with Gasteiger partial charge in [0.1, 0.15) is 0 Å². The summed E-state index contributed by atoms with van der Waals surface area (Å²) in [5, 5.41) is 0. The summed E-state index contributed by atoms with van der Waals surface area (Å²) < 4.78 is 0. The lowest BCUT2D eigenvalue weighted by atomic mass is 10.0. The molecule has 1 fully saturated rings. The fourth-order valence-electron chi connectivity index (χ4n) is 3.89. The maximum absolute atomic E-state index is 12.5. The Hall–Kier alpha value is -2.95. The summed E-state index contributed by atoms with van der Waals surface area (Å²) in [6.45, 7) is 6.23. The number of amides is 2. The molecule has 0 bridgehead atoms. The quantitative estimate of drug-likeness (QED) is 0.608. The lowest BCUT2D eigenvalue weighted by Crippen LogP contribution is -2.50. The van der Waals surface area contributed by atoms with E-state index in [0.717, 1.165) is 24.0 Å². The first-order valence-corrected chi connectivity index (χ1v) is 11.1. The maximum atomic E-state index is 12.5. The smallest absolute Gasteiger partial charge is 0.223 e. The normalized spacial score (nSPS) is 13.9. The molecule has 0 saturated carbocycles. The van der Waals surface area contributed by atoms with E-state index in [4.69, 9.17) is 0 Å². The lowest BCUT2D eigenvalue weighted by molar-refractivity contribution is -0.139. The second-order valence-corrected chi connectivity index (χ2v) is 8.32. The topological polar surface area (TPSA) is 57.7 Å². The summed E-state index contributed by atoms with van der Waals surface area (Å²) in [7, 11) is 0. The molecular formula is C26H32N2O3. The second kappa shape index (κ2) is 10.9. The molecule has 1 saturated heterocycles. The number of Topliss-reactive ketones (excluding diaryl/α,β-unsaturated/α-hetero) is 1. The molecule has 2 aromatic carbocycles. The number of hydrogen-bond acceptors (Lipinski definition) is 3. The van der Waals surface area contributed by atoms with Crippen molar-refractivity contribution in [1.82, 2.24) is 9.80 Å². The fourth-order valence-corrected chi connectivity index (χ4v) is 3.89. The van der Waals surface area contributed by atoms with Crippen LogP contribution in [0, 0.1) is 13.8 Å². The van der Waals surface area contributed by atoms with Crippen LogP contribution < -0.4 is 0 Å². The predicted molar refractivity (Wildman–Crippen MR) is 122 cm³/mol. The molecule has 0 N–H and O–H groups in total. The molecule has 0 aromatic heterocycles. The van der Waals surface area contributed by atoms with Crippen molar-refractivity contribution >= 4 is 17.6 Å². The maximum Gasteiger partial charge on any atom is 0.223 e. The van der Waals surface area contributed by atoms with Gasteiger partial charge >= 0.3 is 0 Å². The lowest BCUT2D eigenvalue weighted by Gasteiger charge is -2.35. The number of carbonyl (C=O) groups excluding carboxylic acids is 3. The molecule has 31 heavy (non-hydrogen) atoms. The third-order valence-corrected chi connectivity index (χ3v) is 6.08. The van der Waals surface area contributed by atoms with Gasteiger partial charge in [-0.15, -0.1) is 0 Å². The molecule has 2 amide bonds. The highest BCUT2D eigenvalue weighted by molar-refractivity contribution is 5.98. The van der Waals surface area contributed by atoms with Gasteiger partial charge in [-0.05, 0) is 49.4 Å². The first-order valence-electron chi connectivity index (χ1n) is 11.1. The molecule has 2 aromatic rings. The molecule has 0 atom stereocenters. The van der Waals surface area contributed by atoms with Gasteiger partial charge in [-0.2, -0.15) is 0 Å². The number of hydrogen-bond donors (Lipinski definition) is 0. The van der Waals surface area contributed by atoms with E-state index in [0.29, 0.717) is 38.2 Å². The van der Waals surface area contributed by atoms with Crippen molar-refractivity contribution < 1.29 is 14.4 Å². The predicted octanol–water partition coefficient (Wildman–Crippen LogP) is 3.96. The minimum atomic E-state index is -0.00615. The Bertz CT molecular complexity index is 916. The minimum absolute atomic E-state index is 0.00341. The van der Waals surface area contributed by atoms with Crippen LogP contribution in [0.5, 0.6) is 0 Å². The van der Waals surface area contributed by atoms with Crippen LogP contribution in [0.2, 0.25) is 0 Å². The van der Waals surface area contributed by atoms with Crippen LogP contribution in [0.15, 0.2) is 48.5 Å². The van der Waals surface area contributed by atoms with Crippen LogP contribution in [0.3, 0.4) is 0 Å². The van der Waals surface area contributed by atoms with Gasteiger partial charge in [-0.3, -0.25) is 14.4 Å². The summed E-state index contributed by atoms with van der Waals surface area (Å²) in [6.07, 6.45) is 2.71. The highest BCUT2D eigenvalue weighted by Gasteiger charge is 2.24. The Balaban J connectivity index is 1.37. The third kappa shape index (κ3) is 6.51. The zero-order valence-corrected chi connectivity index (χ0v) is 18.6. The Morgan fingerprint density at radius 1 is 0.742 bits per heavy atom. The number of aryl methyl sites for hydroxylation is 3. The minimum Gasteiger partial charge on any atom is -0.339 e. The Kier molecular flexibility index (Phi) is 7.99. The van der Waals surface area contributed by atoms with Crippen LogP contribution in [-0.2, 0) is 16.0 Å². The SMILES string of the molecule is Cc1ccc(C(=O)CCC(=O)N2CCN(C(=O)CCCc3ccccc3)CC2)cc1C. The molecule has 0 aliphatic carbocycles. The van der Waals surface area contributed by atoms with Crippen LogP contribution in [0.1, 0.15) is 52.7 Å². The van der Waals surface area contributed by atoms with Gasteiger partial charge in [0.05, 0.1) is 0 Å². The van der Waals surface area contributed by atoms with E-state index in [1.165, 1.54) is 5.56 Å². The van der Waals surface area contributed by atoms with Gasteiger partial charge in [0.25, 0.3) is 0 Å². The van der Waals surface area contributed by atoms with Gasteiger partial charge in [0, 0.05) is 51.0 Å². The number of ketones is 1. The summed E-state index contributed by atoms with van der Waals surface area (Å²) >= 11 is 0. The zero-order valence-electron chi connectivity index (χ0n) is 18.6. The summed E-state index contributed by atoms with van der Waals surface area (Å²) in [5.74, 6) is 0.157. The average Bonchev–Trinajstić information content (AvgIpc) is 2.79. The summed E-state index contributed by atoms with van der Waals surface area (Å²) in [4.78, 5) is 41.0. The molecule has 1 aliphatic rings. The molecule has 0 radical (unpaired) electrons. The van der Waals surface area contributed by atoms with E-state index < -0.39 is 0 Å². The Labute approximate surface area is 185 Å². The Morgan fingerprint density at radius 3 is 1.97 bits per heavy atom. The number of carbonyl (C=O) groups is 3. The summed E-state index contributed by atoms with van der Waals surface area (Å²) in [6, 6.07) is 15.9. The summed E-state index contributed by atoms with van der Waals surface area (Å²) in [5.41, 5.74) is 4.16. The van der Waals surface area contributed by atoms with Crippen LogP contribution in [0.25, 0.3) is 0 Å². The van der Waals surface area contributed by atoms with E-state index in [-0.39, 0.29) is 30.4 Å².